The zero-order chi connectivity index (χ0) is 19.1. The van der Waals surface area contributed by atoms with Crippen LogP contribution in [0.15, 0.2) is 40.1 Å². The molecule has 0 saturated heterocycles. The molecule has 1 amide bonds. The van der Waals surface area contributed by atoms with E-state index in [4.69, 9.17) is 10.5 Å². The largest absolute Gasteiger partial charge is 0.462 e. The van der Waals surface area contributed by atoms with Crippen LogP contribution in [0.5, 0.6) is 0 Å². The molecule has 0 unspecified atom stereocenters. The molecule has 1 aromatic carbocycles. The van der Waals surface area contributed by atoms with Crippen LogP contribution >= 0.6 is 27.7 Å². The third-order valence-electron chi connectivity index (χ3n) is 3.31. The van der Waals surface area contributed by atoms with Gasteiger partial charge in [0.25, 0.3) is 0 Å². The molecule has 0 aliphatic carbocycles. The van der Waals surface area contributed by atoms with Gasteiger partial charge in [-0.15, -0.1) is 0 Å². The van der Waals surface area contributed by atoms with Gasteiger partial charge in [0.1, 0.15) is 11.4 Å². The second kappa shape index (κ2) is 9.54. The molecule has 1 heterocycles. The number of anilines is 2. The van der Waals surface area contributed by atoms with Gasteiger partial charge < -0.3 is 15.8 Å². The highest BCUT2D eigenvalue weighted by molar-refractivity contribution is 9.10. The molecule has 0 bridgehead atoms. The number of halogens is 1. The number of nitrogen functional groups attached to an aromatic ring is 1. The molecular formula is C17H19BrN4O3S. The van der Waals surface area contributed by atoms with Gasteiger partial charge in [-0.1, -0.05) is 34.6 Å². The molecule has 2 rings (SSSR count). The molecule has 138 valence electrons. The minimum atomic E-state index is -0.568. The number of amides is 1. The minimum absolute atomic E-state index is 0.0316. The lowest BCUT2D eigenvalue weighted by molar-refractivity contribution is -0.115. The maximum absolute atomic E-state index is 12.5. The van der Waals surface area contributed by atoms with Gasteiger partial charge >= 0.3 is 5.97 Å². The fraction of sp³-hybridized carbons (Fsp3) is 0.294. The number of carbonyl (C=O) groups excluding carboxylic acids is 2. The molecule has 0 fully saturated rings. The van der Waals surface area contributed by atoms with Crippen molar-refractivity contribution in [3.8, 4) is 0 Å². The lowest BCUT2D eigenvalue weighted by Gasteiger charge is -2.14. The van der Waals surface area contributed by atoms with Crippen LogP contribution in [0.1, 0.15) is 30.6 Å². The van der Waals surface area contributed by atoms with Crippen molar-refractivity contribution < 1.29 is 14.3 Å². The molecule has 0 radical (unpaired) electrons. The lowest BCUT2D eigenvalue weighted by Crippen LogP contribution is -2.25. The summed E-state index contributed by atoms with van der Waals surface area (Å²) in [6.07, 6.45) is 1.90. The molecule has 7 nitrogen and oxygen atoms in total. The summed E-state index contributed by atoms with van der Waals surface area (Å²) < 4.78 is 5.82. The summed E-state index contributed by atoms with van der Waals surface area (Å²) >= 11 is 4.54. The zero-order valence-corrected chi connectivity index (χ0v) is 16.8. The monoisotopic (exact) mass is 438 g/mol. The highest BCUT2D eigenvalue weighted by Crippen LogP contribution is 2.25. The van der Waals surface area contributed by atoms with Crippen LogP contribution in [-0.2, 0) is 9.53 Å². The van der Waals surface area contributed by atoms with E-state index < -0.39 is 11.2 Å². The molecular weight excluding hydrogens is 420 g/mol. The number of aromatic nitrogens is 2. The first-order chi connectivity index (χ1) is 12.4. The number of nitrogens with one attached hydrogen (secondary N) is 1. The number of hydrogen-bond acceptors (Lipinski definition) is 7. The van der Waals surface area contributed by atoms with Gasteiger partial charge in [-0.3, -0.25) is 4.79 Å². The molecule has 0 aliphatic heterocycles. The van der Waals surface area contributed by atoms with Crippen LogP contribution in [-0.4, -0.2) is 33.7 Å². The van der Waals surface area contributed by atoms with Crippen LogP contribution in [0.4, 0.5) is 11.5 Å². The Bertz CT molecular complexity index is 786. The molecule has 0 saturated carbocycles. The summed E-state index contributed by atoms with van der Waals surface area (Å²) in [6, 6.07) is 7.31. The first-order valence-corrected chi connectivity index (χ1v) is 9.64. The summed E-state index contributed by atoms with van der Waals surface area (Å²) in [5, 5.41) is 2.79. The average Bonchev–Trinajstić information content (AvgIpc) is 2.61. The van der Waals surface area contributed by atoms with Gasteiger partial charge in [0.15, 0.2) is 5.16 Å². The standard InChI is InChI=1S/C17H19BrN4O3S/c1-3-13(15(23)21-11-7-5-10(18)6-8-11)26-17-20-9-12(14(19)22-17)16(24)25-4-2/h5-9,13H,3-4H2,1-2H3,(H,21,23)(H2,19,20,22)/t13-/m0/s1. The summed E-state index contributed by atoms with van der Waals surface area (Å²) in [6.45, 7) is 3.84. The Labute approximate surface area is 164 Å². The highest BCUT2D eigenvalue weighted by atomic mass is 79.9. The molecule has 9 heteroatoms. The number of benzene rings is 1. The number of nitrogens with zero attached hydrogens (tertiary/aromatic N) is 2. The van der Waals surface area contributed by atoms with Crippen molar-refractivity contribution in [1.82, 2.24) is 9.97 Å². The zero-order valence-electron chi connectivity index (χ0n) is 14.4. The van der Waals surface area contributed by atoms with Crippen LogP contribution in [0.25, 0.3) is 0 Å². The van der Waals surface area contributed by atoms with Gasteiger partial charge in [-0.05, 0) is 37.6 Å². The van der Waals surface area contributed by atoms with Crippen LogP contribution in [0.3, 0.4) is 0 Å². The van der Waals surface area contributed by atoms with Crippen LogP contribution in [0.2, 0.25) is 0 Å². The summed E-state index contributed by atoms with van der Waals surface area (Å²) in [7, 11) is 0. The molecule has 26 heavy (non-hydrogen) atoms. The molecule has 0 spiro atoms. The van der Waals surface area contributed by atoms with E-state index in [9.17, 15) is 9.59 Å². The van der Waals surface area contributed by atoms with Gasteiger partial charge in [0.2, 0.25) is 5.91 Å². The average molecular weight is 439 g/mol. The fourth-order valence-electron chi connectivity index (χ4n) is 2.01. The number of nitrogens with two attached hydrogens (primary N) is 1. The van der Waals surface area contributed by atoms with Crippen molar-refractivity contribution in [1.29, 1.82) is 0 Å². The summed E-state index contributed by atoms with van der Waals surface area (Å²) in [4.78, 5) is 32.4. The Balaban J connectivity index is 2.06. The molecule has 1 aromatic heterocycles. The quantitative estimate of drug-likeness (QED) is 0.386. The smallest absolute Gasteiger partial charge is 0.343 e. The third-order valence-corrected chi connectivity index (χ3v) is 5.08. The molecule has 3 N–H and O–H groups in total. The van der Waals surface area contributed by atoms with Gasteiger partial charge in [0.05, 0.1) is 11.9 Å². The SMILES string of the molecule is CCOC(=O)c1cnc(S[C@@H](CC)C(=O)Nc2ccc(Br)cc2)nc1N. The van der Waals surface area contributed by atoms with E-state index in [0.29, 0.717) is 17.3 Å². The second-order valence-electron chi connectivity index (χ2n) is 5.18. The number of carbonyl (C=O) groups is 2. The number of ether oxygens (including phenoxy) is 1. The first kappa shape index (κ1) is 20.2. The van der Waals surface area contributed by atoms with Crippen molar-refractivity contribution in [3.63, 3.8) is 0 Å². The van der Waals surface area contributed by atoms with Crippen molar-refractivity contribution in [2.45, 2.75) is 30.7 Å². The number of thioether (sulfide) groups is 1. The Morgan fingerprint density at radius 3 is 2.58 bits per heavy atom. The van der Waals surface area contributed by atoms with Crippen LogP contribution in [0, 0.1) is 0 Å². The van der Waals surface area contributed by atoms with Crippen molar-refractivity contribution in [3.05, 3.63) is 40.5 Å². The number of hydrogen-bond donors (Lipinski definition) is 2. The van der Waals surface area contributed by atoms with E-state index in [1.165, 1.54) is 18.0 Å². The van der Waals surface area contributed by atoms with E-state index >= 15 is 0 Å². The van der Waals surface area contributed by atoms with E-state index in [2.05, 4.69) is 31.2 Å². The van der Waals surface area contributed by atoms with Gasteiger partial charge in [-0.25, -0.2) is 14.8 Å². The van der Waals surface area contributed by atoms with E-state index in [0.717, 1.165) is 4.47 Å². The Hall–Kier alpha value is -2.13. The van der Waals surface area contributed by atoms with Crippen LogP contribution < -0.4 is 11.1 Å². The molecule has 2 aromatic rings. The fourth-order valence-corrected chi connectivity index (χ4v) is 3.12. The second-order valence-corrected chi connectivity index (χ2v) is 7.27. The Kier molecular flexibility index (Phi) is 7.40. The predicted octanol–water partition coefficient (Wildman–Crippen LogP) is 3.51. The van der Waals surface area contributed by atoms with Crippen molar-refractivity contribution in [2.24, 2.45) is 0 Å². The highest BCUT2D eigenvalue weighted by Gasteiger charge is 2.21. The molecule has 1 atom stereocenters. The number of rotatable bonds is 7. The summed E-state index contributed by atoms with van der Waals surface area (Å²) in [5.74, 6) is -0.692. The van der Waals surface area contributed by atoms with Gasteiger partial charge in [0, 0.05) is 16.4 Å². The van der Waals surface area contributed by atoms with Crippen molar-refractivity contribution >= 4 is 51.1 Å². The predicted molar refractivity (Wildman–Crippen MR) is 105 cm³/mol. The number of esters is 1. The Morgan fingerprint density at radius 2 is 2.00 bits per heavy atom. The topological polar surface area (TPSA) is 107 Å². The third kappa shape index (κ3) is 5.43. The normalized spacial score (nSPS) is 11.7. The van der Waals surface area contributed by atoms with E-state index in [-0.39, 0.29) is 23.9 Å². The summed E-state index contributed by atoms with van der Waals surface area (Å²) in [5.41, 5.74) is 6.63. The van der Waals surface area contributed by atoms with Gasteiger partial charge in [-0.2, -0.15) is 0 Å². The molecule has 0 aliphatic rings. The van der Waals surface area contributed by atoms with Crippen molar-refractivity contribution in [2.75, 3.05) is 17.7 Å². The maximum atomic E-state index is 12.5. The Morgan fingerprint density at radius 1 is 1.31 bits per heavy atom. The van der Waals surface area contributed by atoms with E-state index in [1.807, 2.05) is 31.2 Å². The van der Waals surface area contributed by atoms with E-state index in [1.54, 1.807) is 6.92 Å². The minimum Gasteiger partial charge on any atom is -0.462 e. The lowest BCUT2D eigenvalue weighted by atomic mass is 10.3. The first-order valence-electron chi connectivity index (χ1n) is 7.97. The maximum Gasteiger partial charge on any atom is 0.343 e.